The Kier molecular flexibility index (Phi) is 3.24. The Morgan fingerprint density at radius 3 is 2.50 bits per heavy atom. The number of rotatable bonds is 2. The van der Waals surface area contributed by atoms with E-state index < -0.39 is 0 Å². The first kappa shape index (κ1) is 13.9. The number of nitrogens with zero attached hydrogens (tertiary/aromatic N) is 1. The Bertz CT molecular complexity index is 818. The van der Waals surface area contributed by atoms with Crippen LogP contribution >= 0.6 is 23.2 Å². The molecule has 22 heavy (non-hydrogen) atoms. The zero-order chi connectivity index (χ0) is 15.3. The third-order valence-electron chi connectivity index (χ3n) is 3.99. The van der Waals surface area contributed by atoms with Crippen molar-refractivity contribution in [1.29, 1.82) is 0 Å². The quantitative estimate of drug-likeness (QED) is 0.736. The lowest BCUT2D eigenvalue weighted by Crippen LogP contribution is -2.13. The molecule has 1 heterocycles. The van der Waals surface area contributed by atoms with Crippen LogP contribution in [0.15, 0.2) is 53.0 Å². The van der Waals surface area contributed by atoms with E-state index in [0.29, 0.717) is 21.5 Å². The molecule has 0 radical (unpaired) electrons. The van der Waals surface area contributed by atoms with Gasteiger partial charge in [-0.2, -0.15) is 0 Å². The second-order valence-electron chi connectivity index (χ2n) is 5.52. The van der Waals surface area contributed by atoms with E-state index in [2.05, 4.69) is 24.0 Å². The first-order valence-corrected chi connectivity index (χ1v) is 7.90. The second kappa shape index (κ2) is 5.15. The van der Waals surface area contributed by atoms with Gasteiger partial charge in [-0.3, -0.25) is 0 Å². The van der Waals surface area contributed by atoms with Crippen LogP contribution < -0.4 is 0 Å². The lowest BCUT2D eigenvalue weighted by molar-refractivity contribution is 0.496. The molecule has 2 aromatic rings. The van der Waals surface area contributed by atoms with Crippen LogP contribution in [0.5, 0.6) is 0 Å². The van der Waals surface area contributed by atoms with Crippen molar-refractivity contribution in [2.24, 2.45) is 4.99 Å². The maximum Gasteiger partial charge on any atom is 0.225 e. The summed E-state index contributed by atoms with van der Waals surface area (Å²) in [6.45, 7) is 2.08. The third-order valence-corrected chi connectivity index (χ3v) is 4.62. The molecule has 0 spiro atoms. The molecule has 1 fully saturated rings. The summed E-state index contributed by atoms with van der Waals surface area (Å²) in [5, 5.41) is 1.11. The number of aryl methyl sites for hydroxylation is 1. The van der Waals surface area contributed by atoms with Crippen LogP contribution in [0, 0.1) is 6.92 Å². The summed E-state index contributed by atoms with van der Waals surface area (Å²) in [6, 6.07) is 13.8. The summed E-state index contributed by atoms with van der Waals surface area (Å²) in [5.41, 5.74) is 4.21. The van der Waals surface area contributed by atoms with Gasteiger partial charge in [-0.1, -0.05) is 53.5 Å². The van der Waals surface area contributed by atoms with Gasteiger partial charge in [0.1, 0.15) is 5.76 Å². The molecular weight excluding hydrogens is 317 g/mol. The van der Waals surface area contributed by atoms with Gasteiger partial charge in [0.15, 0.2) is 0 Å². The van der Waals surface area contributed by atoms with E-state index in [-0.39, 0.29) is 6.04 Å². The molecule has 1 aliphatic heterocycles. The van der Waals surface area contributed by atoms with Gasteiger partial charge in [0.25, 0.3) is 0 Å². The number of ether oxygens (including phenoxy) is 1. The van der Waals surface area contributed by atoms with Crippen LogP contribution in [0.4, 0.5) is 0 Å². The van der Waals surface area contributed by atoms with Gasteiger partial charge in [-0.05, 0) is 24.6 Å². The number of halogens is 2. The zero-order valence-electron chi connectivity index (χ0n) is 11.9. The fourth-order valence-corrected chi connectivity index (χ4v) is 3.28. The predicted octanol–water partition coefficient (Wildman–Crippen LogP) is 5.26. The smallest absolute Gasteiger partial charge is 0.225 e. The molecule has 1 unspecified atom stereocenters. The van der Waals surface area contributed by atoms with Crippen molar-refractivity contribution in [3.05, 3.63) is 74.8 Å². The Labute approximate surface area is 139 Å². The topological polar surface area (TPSA) is 21.6 Å². The molecule has 4 rings (SSSR count). The minimum absolute atomic E-state index is 0.200. The lowest BCUT2D eigenvalue weighted by Gasteiger charge is -2.18. The highest BCUT2D eigenvalue weighted by molar-refractivity contribution is 6.39. The van der Waals surface area contributed by atoms with E-state index in [9.17, 15) is 0 Å². The largest absolute Gasteiger partial charge is 0.438 e. The van der Waals surface area contributed by atoms with Gasteiger partial charge in [0, 0.05) is 17.6 Å². The normalized spacial score (nSPS) is 19.4. The highest BCUT2D eigenvalue weighted by Gasteiger charge is 2.40. The van der Waals surface area contributed by atoms with E-state index in [0.717, 1.165) is 17.7 Å². The highest BCUT2D eigenvalue weighted by Crippen LogP contribution is 2.45. The zero-order valence-corrected chi connectivity index (χ0v) is 13.4. The van der Waals surface area contributed by atoms with Gasteiger partial charge in [-0.25, -0.2) is 4.99 Å². The van der Waals surface area contributed by atoms with E-state index in [1.165, 1.54) is 11.1 Å². The fraction of sp³-hybridized carbons (Fsp3) is 0.167. The third kappa shape index (κ3) is 2.23. The molecule has 1 saturated carbocycles. The minimum Gasteiger partial charge on any atom is -0.438 e. The number of hydrogen-bond acceptors (Lipinski definition) is 2. The first-order chi connectivity index (χ1) is 10.6. The van der Waals surface area contributed by atoms with Crippen molar-refractivity contribution < 1.29 is 4.74 Å². The van der Waals surface area contributed by atoms with Crippen molar-refractivity contribution in [3.8, 4) is 0 Å². The van der Waals surface area contributed by atoms with Gasteiger partial charge in [0.05, 0.1) is 21.7 Å². The Morgan fingerprint density at radius 1 is 1.05 bits per heavy atom. The Balaban J connectivity index is 1.77. The molecular formula is C18H13Cl2NO. The number of hydrogen-bond donors (Lipinski definition) is 0. The van der Waals surface area contributed by atoms with Crippen LogP contribution in [-0.2, 0) is 4.74 Å². The first-order valence-electron chi connectivity index (χ1n) is 7.14. The molecule has 4 heteroatoms. The van der Waals surface area contributed by atoms with Gasteiger partial charge >= 0.3 is 0 Å². The monoisotopic (exact) mass is 329 g/mol. The van der Waals surface area contributed by atoms with Crippen molar-refractivity contribution in [1.82, 2.24) is 0 Å². The maximum absolute atomic E-state index is 6.29. The molecule has 2 aliphatic rings. The Morgan fingerprint density at radius 2 is 1.77 bits per heavy atom. The highest BCUT2D eigenvalue weighted by atomic mass is 35.5. The molecule has 2 nitrogen and oxygen atoms in total. The standard InChI is InChI=1S/C18H13Cl2NO/c1-10-5-2-3-6-11(10)17-12-9-15(12)21-18(22-17)16-13(19)7-4-8-14(16)20/h2-8,15H,9H2,1H3. The molecule has 110 valence electrons. The molecule has 1 atom stereocenters. The molecule has 1 aliphatic carbocycles. The summed E-state index contributed by atoms with van der Waals surface area (Å²) in [6.07, 6.45) is 0.940. The summed E-state index contributed by atoms with van der Waals surface area (Å²) in [4.78, 5) is 4.62. The predicted molar refractivity (Wildman–Crippen MR) is 90.6 cm³/mol. The minimum atomic E-state index is 0.200. The fourth-order valence-electron chi connectivity index (χ4n) is 2.72. The molecule has 0 amide bonds. The molecule has 0 saturated heterocycles. The van der Waals surface area contributed by atoms with Gasteiger partial charge in [0.2, 0.25) is 5.90 Å². The average Bonchev–Trinajstić information content (AvgIpc) is 3.26. The second-order valence-corrected chi connectivity index (χ2v) is 6.34. The number of aliphatic imine (C=N–C) groups is 1. The van der Waals surface area contributed by atoms with Crippen molar-refractivity contribution >= 4 is 34.9 Å². The van der Waals surface area contributed by atoms with Crippen molar-refractivity contribution in [2.45, 2.75) is 19.4 Å². The average molecular weight is 330 g/mol. The van der Waals surface area contributed by atoms with Crippen molar-refractivity contribution in [3.63, 3.8) is 0 Å². The number of fused-ring (bicyclic) bond motifs is 1. The van der Waals surface area contributed by atoms with Crippen molar-refractivity contribution in [2.75, 3.05) is 0 Å². The summed E-state index contributed by atoms with van der Waals surface area (Å²) in [7, 11) is 0. The van der Waals surface area contributed by atoms with Crippen LogP contribution in [0.2, 0.25) is 10.0 Å². The molecule has 0 bridgehead atoms. The van der Waals surface area contributed by atoms with E-state index in [1.807, 2.05) is 18.2 Å². The Hall–Kier alpha value is -1.77. The SMILES string of the molecule is Cc1ccccc1C1=C2CC2N=C(c2c(Cl)cccc2Cl)O1. The van der Waals surface area contributed by atoms with E-state index in [1.54, 1.807) is 12.1 Å². The van der Waals surface area contributed by atoms with E-state index in [4.69, 9.17) is 27.9 Å². The summed E-state index contributed by atoms with van der Waals surface area (Å²) < 4.78 is 6.12. The van der Waals surface area contributed by atoms with Crippen LogP contribution in [0.25, 0.3) is 5.76 Å². The molecule has 2 aromatic carbocycles. The number of benzene rings is 2. The summed E-state index contributed by atoms with van der Waals surface area (Å²) in [5.74, 6) is 1.42. The van der Waals surface area contributed by atoms with E-state index >= 15 is 0 Å². The summed E-state index contributed by atoms with van der Waals surface area (Å²) >= 11 is 12.6. The molecule has 0 aromatic heterocycles. The molecule has 0 N–H and O–H groups in total. The van der Waals surface area contributed by atoms with Crippen LogP contribution in [-0.4, -0.2) is 11.9 Å². The maximum atomic E-state index is 6.29. The lowest BCUT2D eigenvalue weighted by atomic mass is 10.1. The van der Waals surface area contributed by atoms with Crippen LogP contribution in [0.1, 0.15) is 23.1 Å². The van der Waals surface area contributed by atoms with Crippen LogP contribution in [0.3, 0.4) is 0 Å². The van der Waals surface area contributed by atoms with Gasteiger partial charge in [-0.15, -0.1) is 0 Å². The van der Waals surface area contributed by atoms with Gasteiger partial charge < -0.3 is 4.74 Å².